The van der Waals surface area contributed by atoms with E-state index in [4.69, 9.17) is 18.0 Å². The van der Waals surface area contributed by atoms with Gasteiger partial charge in [0.1, 0.15) is 0 Å². The van der Waals surface area contributed by atoms with Crippen molar-refractivity contribution in [2.24, 2.45) is 7.05 Å². The zero-order chi connectivity index (χ0) is 10.3. The first-order chi connectivity index (χ1) is 6.59. The van der Waals surface area contributed by atoms with Crippen LogP contribution in [0.25, 0.3) is 9.88 Å². The van der Waals surface area contributed by atoms with Gasteiger partial charge < -0.3 is 10.3 Å². The van der Waals surface area contributed by atoms with Crippen molar-refractivity contribution >= 4 is 40.0 Å². The summed E-state index contributed by atoms with van der Waals surface area (Å²) in [5.41, 5.74) is 6.64. The van der Waals surface area contributed by atoms with Crippen LogP contribution in [-0.2, 0) is 7.05 Å². The molecule has 0 aliphatic carbocycles. The summed E-state index contributed by atoms with van der Waals surface area (Å²) in [6.07, 6.45) is 0. The third kappa shape index (κ3) is 1.47. The van der Waals surface area contributed by atoms with Crippen LogP contribution < -0.4 is 5.73 Å². The van der Waals surface area contributed by atoms with Crippen LogP contribution in [0.1, 0.15) is 5.69 Å². The molecule has 0 saturated heterocycles. The van der Waals surface area contributed by atoms with Crippen molar-refractivity contribution < 1.29 is 0 Å². The van der Waals surface area contributed by atoms with E-state index in [0.29, 0.717) is 5.13 Å². The first kappa shape index (κ1) is 9.75. The largest absolute Gasteiger partial charge is 0.374 e. The molecule has 0 aromatic carbocycles. The lowest BCUT2D eigenvalue weighted by Crippen LogP contribution is -1.90. The number of nitrogen functional groups attached to an aromatic ring is 1. The average molecular weight is 244 g/mol. The second kappa shape index (κ2) is 3.41. The summed E-state index contributed by atoms with van der Waals surface area (Å²) in [7, 11) is 1.95. The highest BCUT2D eigenvalue weighted by Crippen LogP contribution is 2.32. The first-order valence-electron chi connectivity index (χ1n) is 3.85. The van der Waals surface area contributed by atoms with E-state index in [1.807, 2.05) is 18.5 Å². The van der Waals surface area contributed by atoms with E-state index in [9.17, 15) is 0 Å². The molecular formula is C7H8N4S3. The van der Waals surface area contributed by atoms with E-state index in [1.54, 1.807) is 0 Å². The van der Waals surface area contributed by atoms with Crippen LogP contribution in [0.4, 0.5) is 5.13 Å². The maximum Gasteiger partial charge on any atom is 0.203 e. The minimum absolute atomic E-state index is 0.487. The highest BCUT2D eigenvalue weighted by molar-refractivity contribution is 7.73. The standard InChI is InChI=1S/C7H8N4S3/c1-3-4(13-7(12)11(3)2)5-9-10-6(8)14-5/h1-2H3,(H2,8,10). The van der Waals surface area contributed by atoms with E-state index in [1.165, 1.54) is 22.7 Å². The van der Waals surface area contributed by atoms with Gasteiger partial charge >= 0.3 is 0 Å². The SMILES string of the molecule is Cc1c(-c2nnc(N)s2)sc(=S)n1C. The van der Waals surface area contributed by atoms with E-state index >= 15 is 0 Å². The number of anilines is 1. The number of thiazole rings is 1. The minimum Gasteiger partial charge on any atom is -0.374 e. The van der Waals surface area contributed by atoms with Gasteiger partial charge in [0.2, 0.25) is 5.13 Å². The van der Waals surface area contributed by atoms with Gasteiger partial charge in [0.05, 0.1) is 4.88 Å². The summed E-state index contributed by atoms with van der Waals surface area (Å²) in [5.74, 6) is 0. The Bertz CT molecular complexity index is 521. The monoisotopic (exact) mass is 244 g/mol. The summed E-state index contributed by atoms with van der Waals surface area (Å²) in [4.78, 5) is 1.06. The van der Waals surface area contributed by atoms with Crippen molar-refractivity contribution in [3.8, 4) is 9.88 Å². The van der Waals surface area contributed by atoms with Gasteiger partial charge in [-0.2, -0.15) is 0 Å². The minimum atomic E-state index is 0.487. The molecule has 74 valence electrons. The molecule has 2 aromatic rings. The summed E-state index contributed by atoms with van der Waals surface area (Å²) in [6.45, 7) is 2.01. The van der Waals surface area contributed by atoms with Crippen molar-refractivity contribution in [3.63, 3.8) is 0 Å². The molecule has 0 spiro atoms. The Morgan fingerprint density at radius 3 is 2.50 bits per heavy atom. The van der Waals surface area contributed by atoms with E-state index < -0.39 is 0 Å². The Labute approximate surface area is 94.0 Å². The molecule has 2 N–H and O–H groups in total. The van der Waals surface area contributed by atoms with Crippen LogP contribution in [0.3, 0.4) is 0 Å². The lowest BCUT2D eigenvalue weighted by Gasteiger charge is -1.94. The van der Waals surface area contributed by atoms with Crippen LogP contribution in [0, 0.1) is 10.9 Å². The second-order valence-electron chi connectivity index (χ2n) is 2.79. The van der Waals surface area contributed by atoms with Gasteiger partial charge in [0.15, 0.2) is 8.96 Å². The Morgan fingerprint density at radius 2 is 2.07 bits per heavy atom. The van der Waals surface area contributed by atoms with E-state index in [-0.39, 0.29) is 0 Å². The molecule has 4 nitrogen and oxygen atoms in total. The predicted octanol–water partition coefficient (Wildman–Crippen LogP) is 2.23. The van der Waals surface area contributed by atoms with Crippen LogP contribution in [0.5, 0.6) is 0 Å². The van der Waals surface area contributed by atoms with Gasteiger partial charge in [0, 0.05) is 12.7 Å². The van der Waals surface area contributed by atoms with Gasteiger partial charge in [-0.1, -0.05) is 11.3 Å². The lowest BCUT2D eigenvalue weighted by atomic mass is 10.4. The maximum atomic E-state index is 5.53. The normalized spacial score (nSPS) is 10.7. The van der Waals surface area contributed by atoms with Crippen LogP contribution >= 0.6 is 34.9 Å². The van der Waals surface area contributed by atoms with Gasteiger partial charge in [-0.15, -0.1) is 21.5 Å². The number of aromatic nitrogens is 3. The molecule has 0 atom stereocenters. The van der Waals surface area contributed by atoms with Gasteiger partial charge in [-0.3, -0.25) is 0 Å². The number of rotatable bonds is 1. The van der Waals surface area contributed by atoms with Gasteiger partial charge in [0.25, 0.3) is 0 Å². The third-order valence-corrected chi connectivity index (χ3v) is 4.49. The van der Waals surface area contributed by atoms with Crippen molar-refractivity contribution in [1.82, 2.24) is 14.8 Å². The molecule has 0 fully saturated rings. The molecule has 0 aliphatic heterocycles. The number of hydrogen-bond acceptors (Lipinski definition) is 6. The quantitative estimate of drug-likeness (QED) is 0.782. The molecule has 2 rings (SSSR count). The Hall–Kier alpha value is -0.790. The molecule has 0 saturated carbocycles. The third-order valence-electron chi connectivity index (χ3n) is 1.93. The number of nitrogens with zero attached hydrogens (tertiary/aromatic N) is 3. The average Bonchev–Trinajstić information content (AvgIpc) is 2.66. The molecule has 14 heavy (non-hydrogen) atoms. The zero-order valence-electron chi connectivity index (χ0n) is 7.64. The van der Waals surface area contributed by atoms with Crippen molar-refractivity contribution in [1.29, 1.82) is 0 Å². The second-order valence-corrected chi connectivity index (χ2v) is 5.44. The Balaban J connectivity index is 2.63. The fourth-order valence-electron chi connectivity index (χ4n) is 1.04. The Kier molecular flexibility index (Phi) is 2.38. The molecule has 0 bridgehead atoms. The van der Waals surface area contributed by atoms with E-state index in [2.05, 4.69) is 10.2 Å². The number of nitrogens with two attached hydrogens (primary N) is 1. The molecule has 0 radical (unpaired) electrons. The molecule has 2 aromatic heterocycles. The highest BCUT2D eigenvalue weighted by Gasteiger charge is 2.12. The smallest absolute Gasteiger partial charge is 0.203 e. The molecule has 0 unspecified atom stereocenters. The van der Waals surface area contributed by atoms with Gasteiger partial charge in [-0.25, -0.2) is 0 Å². The fraction of sp³-hybridized carbons (Fsp3) is 0.286. The van der Waals surface area contributed by atoms with Crippen LogP contribution in [0.15, 0.2) is 0 Å². The topological polar surface area (TPSA) is 56.7 Å². The molecule has 2 heterocycles. The summed E-state index contributed by atoms with van der Waals surface area (Å²) in [6, 6.07) is 0. The van der Waals surface area contributed by atoms with Crippen molar-refractivity contribution in [2.75, 3.05) is 5.73 Å². The molecule has 0 amide bonds. The fourth-order valence-corrected chi connectivity index (χ4v) is 3.14. The summed E-state index contributed by atoms with van der Waals surface area (Å²) in [5, 5.41) is 9.11. The molecule has 0 aliphatic rings. The van der Waals surface area contributed by atoms with Crippen molar-refractivity contribution in [3.05, 3.63) is 9.65 Å². The number of hydrogen-bond donors (Lipinski definition) is 1. The zero-order valence-corrected chi connectivity index (χ0v) is 10.1. The molecular weight excluding hydrogens is 236 g/mol. The van der Waals surface area contributed by atoms with Crippen LogP contribution in [-0.4, -0.2) is 14.8 Å². The van der Waals surface area contributed by atoms with Crippen LogP contribution in [0.2, 0.25) is 0 Å². The van der Waals surface area contributed by atoms with Gasteiger partial charge in [-0.05, 0) is 19.1 Å². The maximum absolute atomic E-state index is 5.53. The molecule has 7 heteroatoms. The highest BCUT2D eigenvalue weighted by atomic mass is 32.1. The Morgan fingerprint density at radius 1 is 1.36 bits per heavy atom. The summed E-state index contributed by atoms with van der Waals surface area (Å²) >= 11 is 8.10. The lowest BCUT2D eigenvalue weighted by molar-refractivity contribution is 0.875. The van der Waals surface area contributed by atoms with E-state index in [0.717, 1.165) is 19.5 Å². The first-order valence-corrected chi connectivity index (χ1v) is 5.89. The van der Waals surface area contributed by atoms with Crippen molar-refractivity contribution in [2.45, 2.75) is 6.92 Å². The summed E-state index contributed by atoms with van der Waals surface area (Å²) < 4.78 is 2.80. The predicted molar refractivity (Wildman–Crippen MR) is 62.2 cm³/mol.